The number of aryl methyl sites for hydroxylation is 1. The maximum absolute atomic E-state index is 12.5. The normalized spacial score (nSPS) is 16.6. The lowest BCUT2D eigenvalue weighted by Crippen LogP contribution is -2.52. The summed E-state index contributed by atoms with van der Waals surface area (Å²) < 4.78 is 0. The van der Waals surface area contributed by atoms with Gasteiger partial charge in [0.2, 0.25) is 11.8 Å². The van der Waals surface area contributed by atoms with Crippen LogP contribution in [0, 0.1) is 6.92 Å². The number of hydrogen-bond donors (Lipinski definition) is 1. The van der Waals surface area contributed by atoms with Gasteiger partial charge in [-0.05, 0) is 33.4 Å². The molecular weight excluding hydrogens is 328 g/mol. The maximum atomic E-state index is 12.5. The maximum Gasteiger partial charge on any atom is 0.237 e. The van der Waals surface area contributed by atoms with Gasteiger partial charge in [-0.25, -0.2) is 0 Å². The SMILES string of the molecule is CCNC(=O)[C@H](C)N(C)CC(=O)N1CCN(Cc2cccc(C)c2)CC1. The molecule has 1 fully saturated rings. The summed E-state index contributed by atoms with van der Waals surface area (Å²) in [6, 6.07) is 8.27. The van der Waals surface area contributed by atoms with E-state index in [4.69, 9.17) is 0 Å². The molecule has 2 amide bonds. The number of piperazine rings is 1. The van der Waals surface area contributed by atoms with E-state index >= 15 is 0 Å². The number of carbonyl (C=O) groups is 2. The largest absolute Gasteiger partial charge is 0.355 e. The summed E-state index contributed by atoms with van der Waals surface area (Å²) in [4.78, 5) is 30.5. The average Bonchev–Trinajstić information content (AvgIpc) is 2.61. The first-order valence-electron chi connectivity index (χ1n) is 9.44. The summed E-state index contributed by atoms with van der Waals surface area (Å²) in [5, 5.41) is 2.80. The summed E-state index contributed by atoms with van der Waals surface area (Å²) in [5.41, 5.74) is 2.60. The van der Waals surface area contributed by atoms with Crippen LogP contribution in [0.25, 0.3) is 0 Å². The zero-order chi connectivity index (χ0) is 19.1. The Labute approximate surface area is 157 Å². The minimum atomic E-state index is -0.304. The van der Waals surface area contributed by atoms with Crippen LogP contribution in [0.1, 0.15) is 25.0 Å². The van der Waals surface area contributed by atoms with Crippen molar-refractivity contribution in [3.05, 3.63) is 35.4 Å². The minimum absolute atomic E-state index is 0.0363. The molecule has 1 aromatic rings. The van der Waals surface area contributed by atoms with Crippen LogP contribution in [0.5, 0.6) is 0 Å². The fourth-order valence-electron chi connectivity index (χ4n) is 3.20. The van der Waals surface area contributed by atoms with Crippen LogP contribution in [-0.4, -0.2) is 78.9 Å². The fraction of sp³-hybridized carbons (Fsp3) is 0.600. The summed E-state index contributed by atoms with van der Waals surface area (Å²) in [5.74, 6) is 0.0598. The highest BCUT2D eigenvalue weighted by Crippen LogP contribution is 2.11. The fourth-order valence-corrected chi connectivity index (χ4v) is 3.20. The standard InChI is InChI=1S/C20H32N4O2/c1-5-21-20(26)17(3)22(4)15-19(25)24-11-9-23(10-12-24)14-18-8-6-7-16(2)13-18/h6-8,13,17H,5,9-12,14-15H2,1-4H3,(H,21,26)/t17-/m0/s1. The topological polar surface area (TPSA) is 55.9 Å². The molecule has 1 saturated heterocycles. The number of rotatable bonds is 7. The molecule has 1 atom stereocenters. The van der Waals surface area contributed by atoms with Gasteiger partial charge in [0.1, 0.15) is 0 Å². The lowest BCUT2D eigenvalue weighted by atomic mass is 10.1. The van der Waals surface area contributed by atoms with E-state index in [1.165, 1.54) is 11.1 Å². The van der Waals surface area contributed by atoms with Crippen molar-refractivity contribution in [2.45, 2.75) is 33.4 Å². The number of amides is 2. The Balaban J connectivity index is 1.78. The molecule has 0 radical (unpaired) electrons. The van der Waals surface area contributed by atoms with Crippen molar-refractivity contribution in [2.24, 2.45) is 0 Å². The Morgan fingerprint density at radius 3 is 2.54 bits per heavy atom. The Bertz CT molecular complexity index is 612. The van der Waals surface area contributed by atoms with Crippen molar-refractivity contribution in [2.75, 3.05) is 46.3 Å². The van der Waals surface area contributed by atoms with Crippen molar-refractivity contribution < 1.29 is 9.59 Å². The average molecular weight is 361 g/mol. The summed E-state index contributed by atoms with van der Waals surface area (Å²) in [7, 11) is 1.83. The molecule has 0 saturated carbocycles. The highest BCUT2D eigenvalue weighted by atomic mass is 16.2. The first kappa shape index (κ1) is 20.4. The van der Waals surface area contributed by atoms with Gasteiger partial charge in [0, 0.05) is 39.3 Å². The Morgan fingerprint density at radius 2 is 1.92 bits per heavy atom. The Kier molecular flexibility index (Phi) is 7.60. The highest BCUT2D eigenvalue weighted by Gasteiger charge is 2.25. The smallest absolute Gasteiger partial charge is 0.237 e. The number of nitrogens with one attached hydrogen (secondary N) is 1. The van der Waals surface area contributed by atoms with E-state index in [9.17, 15) is 9.59 Å². The molecule has 0 aromatic heterocycles. The molecular formula is C20H32N4O2. The predicted molar refractivity (Wildman–Crippen MR) is 104 cm³/mol. The molecule has 1 aliphatic heterocycles. The lowest BCUT2D eigenvalue weighted by molar-refractivity contribution is -0.135. The van der Waals surface area contributed by atoms with E-state index < -0.39 is 0 Å². The Morgan fingerprint density at radius 1 is 1.23 bits per heavy atom. The van der Waals surface area contributed by atoms with Crippen molar-refractivity contribution in [3.8, 4) is 0 Å². The number of benzene rings is 1. The minimum Gasteiger partial charge on any atom is -0.355 e. The first-order valence-corrected chi connectivity index (χ1v) is 9.44. The van der Waals surface area contributed by atoms with Crippen LogP contribution in [0.2, 0.25) is 0 Å². The third kappa shape index (κ3) is 5.81. The lowest BCUT2D eigenvalue weighted by Gasteiger charge is -2.36. The predicted octanol–water partition coefficient (Wildman–Crippen LogP) is 1.10. The van der Waals surface area contributed by atoms with Gasteiger partial charge in [-0.1, -0.05) is 29.8 Å². The summed E-state index contributed by atoms with van der Waals surface area (Å²) in [6.07, 6.45) is 0. The van der Waals surface area contributed by atoms with Crippen molar-refractivity contribution >= 4 is 11.8 Å². The quantitative estimate of drug-likeness (QED) is 0.791. The molecule has 2 rings (SSSR count). The van der Waals surface area contributed by atoms with Crippen molar-refractivity contribution in [1.82, 2.24) is 20.0 Å². The van der Waals surface area contributed by atoms with E-state index in [2.05, 4.69) is 41.4 Å². The van der Waals surface area contributed by atoms with Crippen LogP contribution in [0.15, 0.2) is 24.3 Å². The van der Waals surface area contributed by atoms with E-state index in [1.54, 1.807) is 0 Å². The third-order valence-electron chi connectivity index (χ3n) is 4.99. The van der Waals surface area contributed by atoms with Crippen molar-refractivity contribution in [1.29, 1.82) is 0 Å². The molecule has 1 N–H and O–H groups in total. The van der Waals surface area contributed by atoms with Gasteiger partial charge in [-0.3, -0.25) is 19.4 Å². The third-order valence-corrected chi connectivity index (χ3v) is 4.99. The second-order valence-corrected chi connectivity index (χ2v) is 7.13. The molecule has 144 valence electrons. The van der Waals surface area contributed by atoms with Crippen LogP contribution < -0.4 is 5.32 Å². The molecule has 6 heteroatoms. The van der Waals surface area contributed by atoms with Crippen molar-refractivity contribution in [3.63, 3.8) is 0 Å². The van der Waals surface area contributed by atoms with Gasteiger partial charge in [0.15, 0.2) is 0 Å². The molecule has 0 unspecified atom stereocenters. The molecule has 1 aromatic carbocycles. The zero-order valence-corrected chi connectivity index (χ0v) is 16.5. The van der Waals surface area contributed by atoms with Gasteiger partial charge in [-0.15, -0.1) is 0 Å². The van der Waals surface area contributed by atoms with E-state index in [1.807, 2.05) is 30.7 Å². The Hall–Kier alpha value is -1.92. The van der Waals surface area contributed by atoms with E-state index in [-0.39, 0.29) is 24.4 Å². The summed E-state index contributed by atoms with van der Waals surface area (Å²) >= 11 is 0. The molecule has 26 heavy (non-hydrogen) atoms. The van der Waals surface area contributed by atoms with E-state index in [0.29, 0.717) is 6.54 Å². The highest BCUT2D eigenvalue weighted by molar-refractivity contribution is 5.83. The molecule has 0 aliphatic carbocycles. The number of nitrogens with zero attached hydrogens (tertiary/aromatic N) is 3. The summed E-state index contributed by atoms with van der Waals surface area (Å²) in [6.45, 7) is 10.9. The van der Waals surface area contributed by atoms with E-state index in [0.717, 1.165) is 32.7 Å². The second kappa shape index (κ2) is 9.69. The van der Waals surface area contributed by atoms with Gasteiger partial charge in [0.05, 0.1) is 12.6 Å². The number of carbonyl (C=O) groups excluding carboxylic acids is 2. The van der Waals surface area contributed by atoms with Gasteiger partial charge < -0.3 is 10.2 Å². The van der Waals surface area contributed by atoms with Gasteiger partial charge >= 0.3 is 0 Å². The van der Waals surface area contributed by atoms with Crippen LogP contribution in [-0.2, 0) is 16.1 Å². The monoisotopic (exact) mass is 360 g/mol. The molecule has 6 nitrogen and oxygen atoms in total. The van der Waals surface area contributed by atoms with Crippen LogP contribution >= 0.6 is 0 Å². The number of hydrogen-bond acceptors (Lipinski definition) is 4. The molecule has 0 bridgehead atoms. The molecule has 1 heterocycles. The van der Waals surface area contributed by atoms with Crippen LogP contribution in [0.3, 0.4) is 0 Å². The molecule has 0 spiro atoms. The first-order chi connectivity index (χ1) is 12.4. The number of likely N-dealkylation sites (N-methyl/N-ethyl adjacent to an activating group) is 2. The van der Waals surface area contributed by atoms with Crippen LogP contribution in [0.4, 0.5) is 0 Å². The zero-order valence-electron chi connectivity index (χ0n) is 16.5. The van der Waals surface area contributed by atoms with Gasteiger partial charge in [0.25, 0.3) is 0 Å². The molecule has 1 aliphatic rings. The second-order valence-electron chi connectivity index (χ2n) is 7.13. The van der Waals surface area contributed by atoms with Gasteiger partial charge in [-0.2, -0.15) is 0 Å².